The molecule has 4 nitrogen and oxygen atoms in total. The van der Waals surface area contributed by atoms with Gasteiger partial charge in [0, 0.05) is 21.4 Å². The standard InChI is InChI=1S/C25H19IN2O2/c26-23-14-4-3-13-22(23)25(30)28-20-11-6-9-18(15-20)24(29)27-16-19-10-5-8-17-7-1-2-12-21(17)19/h1-15H,16H2,(H,27,29)(H,28,30). The van der Waals surface area contributed by atoms with Crippen LogP contribution in [0.15, 0.2) is 91.0 Å². The minimum Gasteiger partial charge on any atom is -0.348 e. The van der Waals surface area contributed by atoms with Crippen LogP contribution in [-0.4, -0.2) is 11.8 Å². The van der Waals surface area contributed by atoms with Crippen LogP contribution < -0.4 is 10.6 Å². The zero-order valence-electron chi connectivity index (χ0n) is 16.1. The molecule has 0 aliphatic rings. The molecule has 4 aromatic rings. The molecule has 0 saturated heterocycles. The minimum absolute atomic E-state index is 0.187. The van der Waals surface area contributed by atoms with Crippen molar-refractivity contribution < 1.29 is 9.59 Å². The lowest BCUT2D eigenvalue weighted by Crippen LogP contribution is -2.23. The van der Waals surface area contributed by atoms with Crippen molar-refractivity contribution in [2.45, 2.75) is 6.54 Å². The van der Waals surface area contributed by atoms with Crippen LogP contribution in [0.3, 0.4) is 0 Å². The third-order valence-corrected chi connectivity index (χ3v) is 5.76. The first kappa shape index (κ1) is 20.1. The van der Waals surface area contributed by atoms with Crippen LogP contribution in [0.25, 0.3) is 10.8 Å². The molecule has 4 rings (SSSR count). The zero-order chi connectivity index (χ0) is 20.9. The largest absolute Gasteiger partial charge is 0.348 e. The quantitative estimate of drug-likeness (QED) is 0.345. The summed E-state index contributed by atoms with van der Waals surface area (Å²) in [6.07, 6.45) is 0. The molecular formula is C25H19IN2O2. The highest BCUT2D eigenvalue weighted by Crippen LogP contribution is 2.19. The van der Waals surface area contributed by atoms with E-state index >= 15 is 0 Å². The highest BCUT2D eigenvalue weighted by atomic mass is 127. The smallest absolute Gasteiger partial charge is 0.256 e. The van der Waals surface area contributed by atoms with Gasteiger partial charge in [-0.05, 0) is 69.3 Å². The number of halogens is 1. The minimum atomic E-state index is -0.201. The molecule has 0 aromatic heterocycles. The molecule has 0 saturated carbocycles. The Morgan fingerprint density at radius 2 is 1.50 bits per heavy atom. The molecule has 2 amide bonds. The van der Waals surface area contributed by atoms with Crippen molar-refractivity contribution in [3.8, 4) is 0 Å². The van der Waals surface area contributed by atoms with Crippen molar-refractivity contribution in [3.63, 3.8) is 0 Å². The highest BCUT2D eigenvalue weighted by Gasteiger charge is 2.12. The lowest BCUT2D eigenvalue weighted by molar-refractivity contribution is 0.0949. The molecule has 0 aliphatic heterocycles. The van der Waals surface area contributed by atoms with Gasteiger partial charge < -0.3 is 10.6 Å². The molecule has 5 heteroatoms. The van der Waals surface area contributed by atoms with Gasteiger partial charge >= 0.3 is 0 Å². The van der Waals surface area contributed by atoms with Crippen LogP contribution in [0.1, 0.15) is 26.3 Å². The van der Waals surface area contributed by atoms with E-state index in [9.17, 15) is 9.59 Å². The molecule has 4 aromatic carbocycles. The van der Waals surface area contributed by atoms with Gasteiger partial charge in [-0.2, -0.15) is 0 Å². The fraction of sp³-hybridized carbons (Fsp3) is 0.0400. The SMILES string of the molecule is O=C(NCc1cccc2ccccc12)c1cccc(NC(=O)c2ccccc2I)c1. The molecule has 0 heterocycles. The summed E-state index contributed by atoms with van der Waals surface area (Å²) < 4.78 is 0.872. The van der Waals surface area contributed by atoms with E-state index in [1.807, 2.05) is 42.5 Å². The van der Waals surface area contributed by atoms with E-state index in [-0.39, 0.29) is 11.8 Å². The maximum Gasteiger partial charge on any atom is 0.256 e. The van der Waals surface area contributed by atoms with E-state index in [1.165, 1.54) is 0 Å². The number of amides is 2. The van der Waals surface area contributed by atoms with Crippen molar-refractivity contribution in [3.05, 3.63) is 111 Å². The number of carbonyl (C=O) groups excluding carboxylic acids is 2. The van der Waals surface area contributed by atoms with Gasteiger partial charge in [0.2, 0.25) is 0 Å². The Labute approximate surface area is 188 Å². The Bertz CT molecular complexity index is 1230. The molecular weight excluding hydrogens is 487 g/mol. The van der Waals surface area contributed by atoms with Crippen LogP contribution in [0.4, 0.5) is 5.69 Å². The van der Waals surface area contributed by atoms with Gasteiger partial charge in [-0.3, -0.25) is 9.59 Å². The Morgan fingerprint density at radius 1 is 0.767 bits per heavy atom. The topological polar surface area (TPSA) is 58.2 Å². The normalized spacial score (nSPS) is 10.6. The molecule has 148 valence electrons. The van der Waals surface area contributed by atoms with E-state index in [2.05, 4.69) is 51.4 Å². The van der Waals surface area contributed by atoms with Crippen LogP contribution in [0, 0.1) is 3.57 Å². The van der Waals surface area contributed by atoms with Crippen molar-refractivity contribution >= 4 is 50.9 Å². The molecule has 0 fully saturated rings. The predicted molar refractivity (Wildman–Crippen MR) is 129 cm³/mol. The van der Waals surface area contributed by atoms with Crippen LogP contribution >= 0.6 is 22.6 Å². The summed E-state index contributed by atoms with van der Waals surface area (Å²) in [5.41, 5.74) is 2.74. The summed E-state index contributed by atoms with van der Waals surface area (Å²) in [5.74, 6) is -0.387. The van der Waals surface area contributed by atoms with Gasteiger partial charge in [0.05, 0.1) is 5.56 Å². The van der Waals surface area contributed by atoms with Gasteiger partial charge in [0.1, 0.15) is 0 Å². The lowest BCUT2D eigenvalue weighted by atomic mass is 10.0. The molecule has 30 heavy (non-hydrogen) atoms. The number of hydrogen-bond acceptors (Lipinski definition) is 2. The summed E-state index contributed by atoms with van der Waals surface area (Å²) in [6.45, 7) is 0.430. The summed E-state index contributed by atoms with van der Waals surface area (Å²) in [5, 5.41) is 8.11. The maximum absolute atomic E-state index is 12.7. The number of rotatable bonds is 5. The second-order valence-electron chi connectivity index (χ2n) is 6.84. The van der Waals surface area contributed by atoms with Crippen molar-refractivity contribution in [1.29, 1.82) is 0 Å². The summed E-state index contributed by atoms with van der Waals surface area (Å²) in [4.78, 5) is 25.2. The molecule has 2 N–H and O–H groups in total. The van der Waals surface area contributed by atoms with E-state index in [0.717, 1.165) is 19.9 Å². The van der Waals surface area contributed by atoms with Crippen LogP contribution in [-0.2, 0) is 6.54 Å². The molecule has 0 aliphatic carbocycles. The summed E-state index contributed by atoms with van der Waals surface area (Å²) in [7, 11) is 0. The Balaban J connectivity index is 1.46. The molecule has 0 atom stereocenters. The fourth-order valence-corrected chi connectivity index (χ4v) is 3.94. The number of anilines is 1. The molecule has 0 unspecified atom stereocenters. The van der Waals surface area contributed by atoms with Gasteiger partial charge in [0.15, 0.2) is 0 Å². The fourth-order valence-electron chi connectivity index (χ4n) is 3.31. The molecule has 0 bridgehead atoms. The third-order valence-electron chi connectivity index (χ3n) is 4.82. The van der Waals surface area contributed by atoms with Crippen molar-refractivity contribution in [2.24, 2.45) is 0 Å². The number of carbonyl (C=O) groups is 2. The molecule has 0 radical (unpaired) electrons. The van der Waals surface area contributed by atoms with Gasteiger partial charge in [-0.1, -0.05) is 60.7 Å². The first-order valence-corrected chi connectivity index (χ1v) is 10.6. The van der Waals surface area contributed by atoms with E-state index in [1.54, 1.807) is 30.3 Å². The first-order valence-electron chi connectivity index (χ1n) is 9.52. The predicted octanol–water partition coefficient (Wildman–Crippen LogP) is 5.63. The Morgan fingerprint density at radius 3 is 2.37 bits per heavy atom. The number of benzene rings is 4. The lowest BCUT2D eigenvalue weighted by Gasteiger charge is -2.10. The van der Waals surface area contributed by atoms with Gasteiger partial charge in [-0.15, -0.1) is 0 Å². The van der Waals surface area contributed by atoms with Crippen molar-refractivity contribution in [2.75, 3.05) is 5.32 Å². The van der Waals surface area contributed by atoms with Crippen LogP contribution in [0.5, 0.6) is 0 Å². The highest BCUT2D eigenvalue weighted by molar-refractivity contribution is 14.1. The number of fused-ring (bicyclic) bond motifs is 1. The van der Waals surface area contributed by atoms with E-state index in [0.29, 0.717) is 23.4 Å². The third kappa shape index (κ3) is 4.52. The average molecular weight is 506 g/mol. The monoisotopic (exact) mass is 506 g/mol. The van der Waals surface area contributed by atoms with Gasteiger partial charge in [-0.25, -0.2) is 0 Å². The Kier molecular flexibility index (Phi) is 6.09. The average Bonchev–Trinajstić information content (AvgIpc) is 2.78. The zero-order valence-corrected chi connectivity index (χ0v) is 18.2. The second kappa shape index (κ2) is 9.09. The maximum atomic E-state index is 12.7. The molecule has 0 spiro atoms. The summed E-state index contributed by atoms with van der Waals surface area (Å²) in [6, 6.07) is 28.5. The number of hydrogen-bond donors (Lipinski definition) is 2. The Hall–Kier alpha value is -3.19. The van der Waals surface area contributed by atoms with E-state index < -0.39 is 0 Å². The first-order chi connectivity index (χ1) is 14.6. The van der Waals surface area contributed by atoms with Crippen LogP contribution in [0.2, 0.25) is 0 Å². The second-order valence-corrected chi connectivity index (χ2v) is 8.00. The van der Waals surface area contributed by atoms with Gasteiger partial charge in [0.25, 0.3) is 11.8 Å². The van der Waals surface area contributed by atoms with E-state index in [4.69, 9.17) is 0 Å². The number of nitrogens with one attached hydrogen (secondary N) is 2. The van der Waals surface area contributed by atoms with Crippen molar-refractivity contribution in [1.82, 2.24) is 5.32 Å². The summed E-state index contributed by atoms with van der Waals surface area (Å²) >= 11 is 2.13.